The van der Waals surface area contributed by atoms with Crippen LogP contribution in [0.4, 0.5) is 13.2 Å². The van der Waals surface area contributed by atoms with Crippen LogP contribution in [0.25, 0.3) is 33.2 Å². The highest BCUT2D eigenvalue weighted by molar-refractivity contribution is 5.97. The summed E-state index contributed by atoms with van der Waals surface area (Å²) in [5.74, 6) is -3.20. The number of carboxylic acid groups (broad SMARTS) is 1. The Morgan fingerprint density at radius 3 is 2.41 bits per heavy atom. The second-order valence-electron chi connectivity index (χ2n) is 7.86. The quantitative estimate of drug-likeness (QED) is 0.374. The summed E-state index contributed by atoms with van der Waals surface area (Å²) in [5.41, 5.74) is 3.77. The van der Waals surface area contributed by atoms with Crippen molar-refractivity contribution in [2.24, 2.45) is 0 Å². The average Bonchev–Trinajstić information content (AvgIpc) is 3.25. The van der Waals surface area contributed by atoms with Crippen molar-refractivity contribution in [2.45, 2.75) is 26.2 Å². The van der Waals surface area contributed by atoms with Gasteiger partial charge in [-0.2, -0.15) is 13.2 Å². The third kappa shape index (κ3) is 5.80. The van der Waals surface area contributed by atoms with Gasteiger partial charge in [-0.25, -0.2) is 14.6 Å². The van der Waals surface area contributed by atoms with E-state index in [1.807, 2.05) is 37.5 Å². The number of aryl methyl sites for hydroxylation is 1. The molecule has 2 N–H and O–H groups in total. The molecule has 0 aliphatic carbocycles. The number of carboxylic acids is 1. The summed E-state index contributed by atoms with van der Waals surface area (Å²) in [6.07, 6.45) is -3.09. The SMILES string of the molecule is CCn1cc(-c2nc3ccc(C(=O)OC)cc3n(CCNC)c2=O)c2ccccc21.O=C(O)C(F)(F)F. The van der Waals surface area contributed by atoms with E-state index in [9.17, 15) is 22.8 Å². The Labute approximate surface area is 209 Å². The van der Waals surface area contributed by atoms with Crippen LogP contribution in [0.1, 0.15) is 17.3 Å². The number of alkyl halides is 3. The summed E-state index contributed by atoms with van der Waals surface area (Å²) in [6.45, 7) is 3.93. The van der Waals surface area contributed by atoms with Crippen molar-refractivity contribution in [3.8, 4) is 11.3 Å². The molecule has 2 heterocycles. The molecule has 9 nitrogen and oxygen atoms in total. The summed E-state index contributed by atoms with van der Waals surface area (Å²) in [7, 11) is 3.18. The van der Waals surface area contributed by atoms with Crippen LogP contribution in [0, 0.1) is 0 Å². The number of hydrogen-bond acceptors (Lipinski definition) is 6. The van der Waals surface area contributed by atoms with E-state index in [4.69, 9.17) is 19.6 Å². The number of carbonyl (C=O) groups excluding carboxylic acids is 1. The van der Waals surface area contributed by atoms with Gasteiger partial charge in [-0.05, 0) is 38.2 Å². The van der Waals surface area contributed by atoms with E-state index in [1.165, 1.54) is 7.11 Å². The minimum absolute atomic E-state index is 0.182. The fourth-order valence-corrected chi connectivity index (χ4v) is 3.80. The van der Waals surface area contributed by atoms with Gasteiger partial charge in [0.2, 0.25) is 0 Å². The Hall–Kier alpha value is -4.19. The molecule has 0 amide bonds. The minimum Gasteiger partial charge on any atom is -0.475 e. The van der Waals surface area contributed by atoms with Crippen molar-refractivity contribution >= 4 is 33.9 Å². The van der Waals surface area contributed by atoms with Gasteiger partial charge in [-0.3, -0.25) is 4.79 Å². The van der Waals surface area contributed by atoms with Crippen molar-refractivity contribution in [3.63, 3.8) is 0 Å². The Bertz CT molecular complexity index is 1510. The number of para-hydroxylation sites is 1. The molecule has 0 unspecified atom stereocenters. The molecule has 37 heavy (non-hydrogen) atoms. The Balaban J connectivity index is 0.000000479. The van der Waals surface area contributed by atoms with Crippen LogP contribution >= 0.6 is 0 Å². The molecule has 2 aromatic heterocycles. The molecular weight excluding hydrogens is 493 g/mol. The van der Waals surface area contributed by atoms with Crippen molar-refractivity contribution in [1.29, 1.82) is 0 Å². The first-order chi connectivity index (χ1) is 17.5. The van der Waals surface area contributed by atoms with Crippen molar-refractivity contribution in [3.05, 3.63) is 64.6 Å². The van der Waals surface area contributed by atoms with E-state index >= 15 is 0 Å². The largest absolute Gasteiger partial charge is 0.490 e. The van der Waals surface area contributed by atoms with Crippen LogP contribution in [0.5, 0.6) is 0 Å². The number of aliphatic carboxylic acids is 1. The fourth-order valence-electron chi connectivity index (χ4n) is 3.80. The van der Waals surface area contributed by atoms with Gasteiger partial charge in [0.1, 0.15) is 5.69 Å². The van der Waals surface area contributed by atoms with E-state index in [-0.39, 0.29) is 5.56 Å². The normalized spacial score (nSPS) is 11.3. The number of methoxy groups -OCH3 is 1. The van der Waals surface area contributed by atoms with Gasteiger partial charge >= 0.3 is 18.1 Å². The maximum absolute atomic E-state index is 13.5. The number of likely N-dealkylation sites (N-methyl/N-ethyl adjacent to an activating group) is 1. The number of carbonyl (C=O) groups is 2. The number of nitrogens with zero attached hydrogens (tertiary/aromatic N) is 3. The predicted molar refractivity (Wildman–Crippen MR) is 132 cm³/mol. The topological polar surface area (TPSA) is 115 Å². The van der Waals surface area contributed by atoms with Gasteiger partial charge in [-0.1, -0.05) is 18.2 Å². The van der Waals surface area contributed by atoms with Gasteiger partial charge in [0.05, 0.1) is 23.7 Å². The number of nitrogens with one attached hydrogen (secondary N) is 1. The molecule has 0 aliphatic heterocycles. The molecular formula is C25H25F3N4O5. The first-order valence-corrected chi connectivity index (χ1v) is 11.2. The van der Waals surface area contributed by atoms with Gasteiger partial charge < -0.3 is 24.3 Å². The maximum Gasteiger partial charge on any atom is 0.490 e. The van der Waals surface area contributed by atoms with E-state index in [2.05, 4.69) is 16.8 Å². The number of rotatable bonds is 6. The highest BCUT2D eigenvalue weighted by atomic mass is 19.4. The van der Waals surface area contributed by atoms with Gasteiger partial charge in [0.15, 0.2) is 0 Å². The highest BCUT2D eigenvalue weighted by Gasteiger charge is 2.38. The fraction of sp³-hybridized carbons (Fsp3) is 0.280. The second kappa shape index (κ2) is 11.2. The third-order valence-electron chi connectivity index (χ3n) is 5.58. The number of aromatic nitrogens is 3. The average molecular weight is 518 g/mol. The number of ether oxygens (including phenoxy) is 1. The number of halogens is 3. The smallest absolute Gasteiger partial charge is 0.475 e. The van der Waals surface area contributed by atoms with E-state index in [0.717, 1.165) is 23.0 Å². The maximum atomic E-state index is 13.5. The first-order valence-electron chi connectivity index (χ1n) is 11.2. The lowest BCUT2D eigenvalue weighted by Gasteiger charge is -2.13. The van der Waals surface area contributed by atoms with Crippen molar-refractivity contribution < 1.29 is 32.6 Å². The molecule has 0 bridgehead atoms. The molecule has 0 atom stereocenters. The minimum atomic E-state index is -5.08. The van der Waals surface area contributed by atoms with Crippen LogP contribution in [0.2, 0.25) is 0 Å². The van der Waals surface area contributed by atoms with Crippen LogP contribution in [-0.4, -0.2) is 58.0 Å². The third-order valence-corrected chi connectivity index (χ3v) is 5.58. The Morgan fingerprint density at radius 2 is 1.81 bits per heavy atom. The molecule has 0 radical (unpaired) electrons. The lowest BCUT2D eigenvalue weighted by molar-refractivity contribution is -0.192. The van der Waals surface area contributed by atoms with Crippen LogP contribution < -0.4 is 10.9 Å². The first kappa shape index (κ1) is 27.4. The van der Waals surface area contributed by atoms with Gasteiger partial charge in [-0.15, -0.1) is 0 Å². The highest BCUT2D eigenvalue weighted by Crippen LogP contribution is 2.29. The number of esters is 1. The monoisotopic (exact) mass is 518 g/mol. The van der Waals surface area contributed by atoms with Crippen molar-refractivity contribution in [1.82, 2.24) is 19.4 Å². The number of benzene rings is 2. The molecule has 0 saturated heterocycles. The molecule has 12 heteroatoms. The molecule has 0 fully saturated rings. The predicted octanol–water partition coefficient (Wildman–Crippen LogP) is 3.68. The second-order valence-corrected chi connectivity index (χ2v) is 7.86. The zero-order valence-electron chi connectivity index (χ0n) is 20.3. The summed E-state index contributed by atoms with van der Waals surface area (Å²) in [5, 5.41) is 11.2. The summed E-state index contributed by atoms with van der Waals surface area (Å²) >= 11 is 0. The molecule has 0 aliphatic rings. The van der Waals surface area contributed by atoms with Crippen LogP contribution in [0.3, 0.4) is 0 Å². The molecule has 2 aromatic carbocycles. The number of hydrogen-bond donors (Lipinski definition) is 2. The lowest BCUT2D eigenvalue weighted by atomic mass is 10.1. The molecule has 0 spiro atoms. The lowest BCUT2D eigenvalue weighted by Crippen LogP contribution is -2.28. The molecule has 196 valence electrons. The van der Waals surface area contributed by atoms with Gasteiger partial charge in [0.25, 0.3) is 5.56 Å². The summed E-state index contributed by atoms with van der Waals surface area (Å²) in [4.78, 5) is 39.1. The zero-order chi connectivity index (χ0) is 27.3. The standard InChI is InChI=1S/C23H24N4O3.C2HF3O2/c1-4-26-14-17(16-7-5-6-8-19(16)26)21-22(28)27(12-11-24-2)20-13-15(23(29)30-3)9-10-18(20)25-21;3-2(4,5)1(6)7/h5-10,13-14,24H,4,11-12H2,1-3H3;(H,6,7). The van der Waals surface area contributed by atoms with Gasteiger partial charge in [0, 0.05) is 42.3 Å². The van der Waals surface area contributed by atoms with E-state index in [0.29, 0.717) is 35.4 Å². The Kier molecular flexibility index (Phi) is 8.33. The Morgan fingerprint density at radius 1 is 1.14 bits per heavy atom. The molecule has 0 saturated carbocycles. The van der Waals surface area contributed by atoms with E-state index < -0.39 is 18.1 Å². The number of fused-ring (bicyclic) bond motifs is 2. The molecule has 4 rings (SSSR count). The molecule has 4 aromatic rings. The van der Waals surface area contributed by atoms with Crippen LogP contribution in [0.15, 0.2) is 53.5 Å². The summed E-state index contributed by atoms with van der Waals surface area (Å²) < 4.78 is 40.4. The summed E-state index contributed by atoms with van der Waals surface area (Å²) in [6, 6.07) is 13.1. The van der Waals surface area contributed by atoms with Crippen molar-refractivity contribution in [2.75, 3.05) is 20.7 Å². The van der Waals surface area contributed by atoms with Crippen LogP contribution in [-0.2, 0) is 22.6 Å². The van der Waals surface area contributed by atoms with E-state index in [1.54, 1.807) is 22.8 Å². The zero-order valence-corrected chi connectivity index (χ0v) is 20.3.